The summed E-state index contributed by atoms with van der Waals surface area (Å²) in [5, 5.41) is 1.60. The van der Waals surface area contributed by atoms with Gasteiger partial charge in [-0.25, -0.2) is 4.99 Å². The van der Waals surface area contributed by atoms with Gasteiger partial charge in [0.15, 0.2) is 16.7 Å². The Morgan fingerprint density at radius 3 is 2.50 bits per heavy atom. The van der Waals surface area contributed by atoms with Crippen LogP contribution in [0.25, 0.3) is 0 Å². The Kier molecular flexibility index (Phi) is 8.19. The number of aliphatic imine (C=N–C) groups is 1. The summed E-state index contributed by atoms with van der Waals surface area (Å²) in [6.45, 7) is 0.0482. The number of hydrogen-bond donors (Lipinski definition) is 1. The highest BCUT2D eigenvalue weighted by atomic mass is 35.5. The number of halogens is 6. The van der Waals surface area contributed by atoms with Gasteiger partial charge in [0.2, 0.25) is 18.6 Å². The monoisotopic (exact) mass is 627 g/mol. The van der Waals surface area contributed by atoms with E-state index in [2.05, 4.69) is 15.0 Å². The van der Waals surface area contributed by atoms with Crippen LogP contribution in [0, 0.1) is 0 Å². The lowest BCUT2D eigenvalue weighted by Crippen LogP contribution is -2.44. The van der Waals surface area contributed by atoms with Crippen LogP contribution < -0.4 is 19.5 Å². The average molecular weight is 628 g/mol. The third-order valence-electron chi connectivity index (χ3n) is 5.96. The molecule has 5 rings (SSSR count). The van der Waals surface area contributed by atoms with Gasteiger partial charge in [0.05, 0.1) is 17.8 Å². The molecule has 15 heteroatoms. The lowest BCUT2D eigenvalue weighted by atomic mass is 10.1. The first-order chi connectivity index (χ1) is 19.8. The number of rotatable bonds is 7. The van der Waals surface area contributed by atoms with Gasteiger partial charge in [-0.3, -0.25) is 14.5 Å². The third kappa shape index (κ3) is 7.23. The van der Waals surface area contributed by atoms with E-state index in [1.54, 1.807) is 18.2 Å². The molecule has 2 amide bonds. The second-order valence-electron chi connectivity index (χ2n) is 8.98. The van der Waals surface area contributed by atoms with Gasteiger partial charge >= 0.3 is 11.7 Å². The van der Waals surface area contributed by atoms with Crippen LogP contribution in [0.5, 0.6) is 17.2 Å². The molecule has 2 aliphatic heterocycles. The molecule has 0 spiro atoms. The lowest BCUT2D eigenvalue weighted by Gasteiger charge is -2.32. The molecule has 1 N–H and O–H groups in total. The van der Waals surface area contributed by atoms with E-state index in [0.29, 0.717) is 17.1 Å². The standard InChI is InChI=1S/C27H19ClF5N3O5S/c28-27(32,33)41-19-7-5-17(6-8-19)34-24(38)22-12-23(37)36(13-15-4-9-20-21(10-15)40-14-39-20)25(42-22)35-18-3-1-2-16(11-18)26(29,30)31/h1-11,22H,12-14H2,(H,34,38)/t22-/m0/s1. The van der Waals surface area contributed by atoms with Crippen molar-refractivity contribution in [2.45, 2.75) is 30.0 Å². The van der Waals surface area contributed by atoms with Crippen LogP contribution >= 0.6 is 23.4 Å². The van der Waals surface area contributed by atoms with Gasteiger partial charge in [0.1, 0.15) is 11.0 Å². The summed E-state index contributed by atoms with van der Waals surface area (Å²) in [4.78, 5) is 32.0. The summed E-state index contributed by atoms with van der Waals surface area (Å²) in [6, 6.07) is 14.3. The molecule has 0 unspecified atom stereocenters. The Bertz CT molecular complexity index is 1530. The average Bonchev–Trinajstić information content (AvgIpc) is 3.38. The highest BCUT2D eigenvalue weighted by Gasteiger charge is 2.37. The van der Waals surface area contributed by atoms with E-state index in [1.165, 1.54) is 41.3 Å². The summed E-state index contributed by atoms with van der Waals surface area (Å²) in [5.41, 5.74) is -4.04. The van der Waals surface area contributed by atoms with Crippen LogP contribution in [-0.4, -0.2) is 39.5 Å². The van der Waals surface area contributed by atoms with E-state index >= 15 is 0 Å². The maximum absolute atomic E-state index is 13.3. The minimum absolute atomic E-state index is 0.00126. The SMILES string of the molecule is O=C(Nc1ccc(OC(F)(F)Cl)cc1)[C@@H]1CC(=O)N(Cc2ccc3c(c2)OCO3)C(=Nc2cccc(C(F)(F)F)c2)S1. The predicted molar refractivity (Wildman–Crippen MR) is 144 cm³/mol. The normalized spacial score (nSPS) is 17.9. The Morgan fingerprint density at radius 1 is 1.05 bits per heavy atom. The molecule has 0 aromatic heterocycles. The number of ether oxygens (including phenoxy) is 3. The van der Waals surface area contributed by atoms with Gasteiger partial charge in [-0.15, -0.1) is 8.78 Å². The van der Waals surface area contributed by atoms with E-state index in [4.69, 9.17) is 21.1 Å². The highest BCUT2D eigenvalue weighted by molar-refractivity contribution is 8.15. The van der Waals surface area contributed by atoms with E-state index in [1.807, 2.05) is 0 Å². The number of carbonyl (C=O) groups excluding carboxylic acids is 2. The molecule has 0 radical (unpaired) electrons. The molecule has 2 aliphatic rings. The van der Waals surface area contributed by atoms with Gasteiger partial charge in [0, 0.05) is 23.7 Å². The van der Waals surface area contributed by atoms with Crippen molar-refractivity contribution in [2.75, 3.05) is 12.1 Å². The van der Waals surface area contributed by atoms with Gasteiger partial charge in [0.25, 0.3) is 0 Å². The molecule has 1 atom stereocenters. The zero-order valence-electron chi connectivity index (χ0n) is 21.2. The van der Waals surface area contributed by atoms with Crippen molar-refractivity contribution in [1.29, 1.82) is 0 Å². The van der Waals surface area contributed by atoms with E-state index in [0.717, 1.165) is 23.9 Å². The van der Waals surface area contributed by atoms with E-state index < -0.39 is 34.4 Å². The quantitative estimate of drug-likeness (QED) is 0.230. The zero-order chi connectivity index (χ0) is 30.1. The first-order valence-electron chi connectivity index (χ1n) is 12.1. The smallest absolute Gasteiger partial charge is 0.454 e. The number of fused-ring (bicyclic) bond motifs is 1. The topological polar surface area (TPSA) is 89.5 Å². The summed E-state index contributed by atoms with van der Waals surface area (Å²) in [5.74, 6) is -0.340. The minimum atomic E-state index is -4.61. The molecule has 0 saturated carbocycles. The maximum Gasteiger partial charge on any atom is 0.487 e. The molecule has 42 heavy (non-hydrogen) atoms. The fourth-order valence-corrected chi connectivity index (χ4v) is 5.23. The Hall–Kier alpha value is -4.04. The number of anilines is 1. The third-order valence-corrected chi connectivity index (χ3v) is 7.23. The lowest BCUT2D eigenvalue weighted by molar-refractivity contribution is -0.137. The first kappa shape index (κ1) is 29.5. The fraction of sp³-hybridized carbons (Fsp3) is 0.222. The van der Waals surface area contributed by atoms with Crippen molar-refractivity contribution in [3.05, 3.63) is 77.9 Å². The number of amides is 2. The molecule has 0 aliphatic carbocycles. The van der Waals surface area contributed by atoms with E-state index in [9.17, 15) is 31.5 Å². The van der Waals surface area contributed by atoms with Crippen molar-refractivity contribution in [3.63, 3.8) is 0 Å². The molecule has 1 fully saturated rings. The number of hydrogen-bond acceptors (Lipinski definition) is 7. The van der Waals surface area contributed by atoms with Crippen LogP contribution in [-0.2, 0) is 22.3 Å². The predicted octanol–water partition coefficient (Wildman–Crippen LogP) is 6.76. The van der Waals surface area contributed by atoms with Crippen LogP contribution in [0.3, 0.4) is 0 Å². The molecule has 220 valence electrons. The molecule has 0 bridgehead atoms. The van der Waals surface area contributed by atoms with Gasteiger partial charge < -0.3 is 19.5 Å². The van der Waals surface area contributed by atoms with Crippen molar-refractivity contribution in [1.82, 2.24) is 4.90 Å². The summed E-state index contributed by atoms with van der Waals surface area (Å²) in [7, 11) is 0. The Morgan fingerprint density at radius 2 is 1.79 bits per heavy atom. The van der Waals surface area contributed by atoms with Crippen LogP contribution in [0.4, 0.5) is 33.3 Å². The minimum Gasteiger partial charge on any atom is -0.454 e. The van der Waals surface area contributed by atoms with Crippen molar-refractivity contribution >= 4 is 51.7 Å². The fourth-order valence-electron chi connectivity index (χ4n) is 4.04. The molecular weight excluding hydrogens is 609 g/mol. The Balaban J connectivity index is 1.39. The van der Waals surface area contributed by atoms with Crippen LogP contribution in [0.1, 0.15) is 17.5 Å². The number of nitrogens with one attached hydrogen (secondary N) is 1. The van der Waals surface area contributed by atoms with Gasteiger partial charge in [-0.05, 0) is 60.2 Å². The molecule has 1 saturated heterocycles. The summed E-state index contributed by atoms with van der Waals surface area (Å²) in [6.07, 6.45) is -4.86. The molecule has 8 nitrogen and oxygen atoms in total. The number of carbonyl (C=O) groups is 2. The largest absolute Gasteiger partial charge is 0.487 e. The van der Waals surface area contributed by atoms with Crippen LogP contribution in [0.2, 0.25) is 0 Å². The molecular formula is C27H19ClF5N3O5S. The Labute approximate surface area is 244 Å². The molecule has 2 heterocycles. The number of amidine groups is 1. The van der Waals surface area contributed by atoms with E-state index in [-0.39, 0.29) is 42.1 Å². The number of nitrogens with zero attached hydrogens (tertiary/aromatic N) is 2. The second-order valence-corrected chi connectivity index (χ2v) is 10.6. The summed E-state index contributed by atoms with van der Waals surface area (Å²) < 4.78 is 80.6. The van der Waals surface area contributed by atoms with Crippen LogP contribution in [0.15, 0.2) is 71.7 Å². The number of thioether (sulfide) groups is 1. The first-order valence-corrected chi connectivity index (χ1v) is 13.4. The number of benzene rings is 3. The summed E-state index contributed by atoms with van der Waals surface area (Å²) >= 11 is 5.65. The van der Waals surface area contributed by atoms with Gasteiger partial charge in [-0.2, -0.15) is 13.2 Å². The van der Waals surface area contributed by atoms with Crippen molar-refractivity contribution in [2.24, 2.45) is 4.99 Å². The van der Waals surface area contributed by atoms with Crippen molar-refractivity contribution in [3.8, 4) is 17.2 Å². The zero-order valence-corrected chi connectivity index (χ0v) is 22.7. The molecule has 3 aromatic rings. The number of alkyl halides is 6. The maximum atomic E-state index is 13.3. The van der Waals surface area contributed by atoms with Gasteiger partial charge in [-0.1, -0.05) is 23.9 Å². The second kappa shape index (κ2) is 11.7. The van der Waals surface area contributed by atoms with Crippen molar-refractivity contribution < 1.29 is 45.8 Å². The highest BCUT2D eigenvalue weighted by Crippen LogP contribution is 2.36. The molecule has 3 aromatic carbocycles.